The molecular formula is C11H15NO2. The molecule has 0 fully saturated rings. The lowest BCUT2D eigenvalue weighted by Crippen LogP contribution is -2.17. The summed E-state index contributed by atoms with van der Waals surface area (Å²) in [5, 5.41) is 0. The Morgan fingerprint density at radius 2 is 2.07 bits per heavy atom. The van der Waals surface area contributed by atoms with Crippen molar-refractivity contribution in [2.45, 2.75) is 19.9 Å². The van der Waals surface area contributed by atoms with Crippen LogP contribution < -0.4 is 15.2 Å². The van der Waals surface area contributed by atoms with Gasteiger partial charge in [-0.25, -0.2) is 0 Å². The molecule has 0 aromatic heterocycles. The monoisotopic (exact) mass is 193 g/mol. The molecule has 1 aliphatic rings. The highest BCUT2D eigenvalue weighted by Crippen LogP contribution is 2.36. The highest BCUT2D eigenvalue weighted by Gasteiger charge is 2.17. The molecule has 0 saturated heterocycles. The Morgan fingerprint density at radius 3 is 2.79 bits per heavy atom. The van der Waals surface area contributed by atoms with Crippen LogP contribution in [0.1, 0.15) is 18.1 Å². The minimum absolute atomic E-state index is 0.555. The molecule has 1 aromatic rings. The van der Waals surface area contributed by atoms with E-state index in [1.54, 1.807) is 0 Å². The first kappa shape index (κ1) is 9.34. The number of hydrogen-bond acceptors (Lipinski definition) is 3. The summed E-state index contributed by atoms with van der Waals surface area (Å²) in [4.78, 5) is 0. The Morgan fingerprint density at radius 1 is 1.29 bits per heavy atom. The minimum Gasteiger partial charge on any atom is -0.486 e. The first-order valence-electron chi connectivity index (χ1n) is 4.97. The molecule has 0 saturated carbocycles. The van der Waals surface area contributed by atoms with Gasteiger partial charge < -0.3 is 15.2 Å². The molecule has 3 nitrogen and oxygen atoms in total. The van der Waals surface area contributed by atoms with Gasteiger partial charge in [0.05, 0.1) is 0 Å². The van der Waals surface area contributed by atoms with Gasteiger partial charge in [0.1, 0.15) is 13.2 Å². The van der Waals surface area contributed by atoms with E-state index >= 15 is 0 Å². The fraction of sp³-hybridized carbons (Fsp3) is 0.455. The summed E-state index contributed by atoms with van der Waals surface area (Å²) in [7, 11) is 0. The van der Waals surface area contributed by atoms with E-state index in [2.05, 4.69) is 6.92 Å². The van der Waals surface area contributed by atoms with E-state index in [1.807, 2.05) is 12.1 Å². The van der Waals surface area contributed by atoms with E-state index in [-0.39, 0.29) is 0 Å². The second-order valence-electron chi connectivity index (χ2n) is 3.29. The molecule has 14 heavy (non-hydrogen) atoms. The van der Waals surface area contributed by atoms with Crippen molar-refractivity contribution in [3.63, 3.8) is 0 Å². The molecule has 0 amide bonds. The number of fused-ring (bicyclic) bond motifs is 1. The van der Waals surface area contributed by atoms with Gasteiger partial charge in [0, 0.05) is 12.1 Å². The lowest BCUT2D eigenvalue weighted by atomic mass is 10.0. The predicted octanol–water partition coefficient (Wildman–Crippen LogP) is 1.48. The molecule has 2 N–H and O–H groups in total. The second-order valence-corrected chi connectivity index (χ2v) is 3.29. The van der Waals surface area contributed by atoms with Gasteiger partial charge in [-0.15, -0.1) is 0 Å². The summed E-state index contributed by atoms with van der Waals surface area (Å²) in [6.07, 6.45) is 0.930. The Hall–Kier alpha value is -1.22. The van der Waals surface area contributed by atoms with Gasteiger partial charge in [0.15, 0.2) is 11.5 Å². The number of ether oxygens (including phenoxy) is 2. The molecule has 1 aliphatic heterocycles. The third kappa shape index (κ3) is 1.44. The highest BCUT2D eigenvalue weighted by atomic mass is 16.6. The lowest BCUT2D eigenvalue weighted by Gasteiger charge is -2.22. The summed E-state index contributed by atoms with van der Waals surface area (Å²) in [6.45, 7) is 3.93. The molecule has 2 rings (SSSR count). The zero-order chi connectivity index (χ0) is 9.97. The van der Waals surface area contributed by atoms with Crippen LogP contribution in [0.15, 0.2) is 12.1 Å². The first-order valence-corrected chi connectivity index (χ1v) is 4.97. The van der Waals surface area contributed by atoms with Crippen molar-refractivity contribution >= 4 is 0 Å². The summed E-state index contributed by atoms with van der Waals surface area (Å²) in [6, 6.07) is 3.96. The minimum atomic E-state index is 0.555. The van der Waals surface area contributed by atoms with E-state index in [9.17, 15) is 0 Å². The summed E-state index contributed by atoms with van der Waals surface area (Å²) in [5.41, 5.74) is 8.00. The molecule has 0 atom stereocenters. The number of hydrogen-bond donors (Lipinski definition) is 1. The van der Waals surface area contributed by atoms with Gasteiger partial charge in [0.2, 0.25) is 0 Å². The maximum atomic E-state index is 5.66. The zero-order valence-electron chi connectivity index (χ0n) is 8.38. The molecule has 0 spiro atoms. The Bertz CT molecular complexity index is 321. The van der Waals surface area contributed by atoms with Crippen LogP contribution >= 0.6 is 0 Å². The van der Waals surface area contributed by atoms with E-state index in [0.717, 1.165) is 23.5 Å². The molecule has 76 valence electrons. The molecule has 0 unspecified atom stereocenters. The van der Waals surface area contributed by atoms with Crippen LogP contribution in [0.2, 0.25) is 0 Å². The lowest BCUT2D eigenvalue weighted by molar-refractivity contribution is 0.170. The van der Waals surface area contributed by atoms with E-state index in [0.29, 0.717) is 19.8 Å². The summed E-state index contributed by atoms with van der Waals surface area (Å²) < 4.78 is 11.1. The van der Waals surface area contributed by atoms with Crippen LogP contribution in [0.25, 0.3) is 0 Å². The van der Waals surface area contributed by atoms with E-state index in [1.165, 1.54) is 5.56 Å². The van der Waals surface area contributed by atoms with Gasteiger partial charge in [-0.05, 0) is 18.1 Å². The van der Waals surface area contributed by atoms with Crippen molar-refractivity contribution < 1.29 is 9.47 Å². The number of rotatable bonds is 2. The average molecular weight is 193 g/mol. The van der Waals surface area contributed by atoms with Crippen molar-refractivity contribution in [1.82, 2.24) is 0 Å². The third-order valence-electron chi connectivity index (χ3n) is 2.48. The predicted molar refractivity (Wildman–Crippen MR) is 54.7 cm³/mol. The Kier molecular flexibility index (Phi) is 2.59. The van der Waals surface area contributed by atoms with Gasteiger partial charge in [-0.3, -0.25) is 0 Å². The molecule has 0 aliphatic carbocycles. The number of benzene rings is 1. The van der Waals surface area contributed by atoms with Gasteiger partial charge >= 0.3 is 0 Å². The standard InChI is InChI=1S/C11H15NO2/c1-2-9-8(7-12)3-4-10-11(9)14-6-5-13-10/h3-4H,2,5-7,12H2,1H3. The topological polar surface area (TPSA) is 44.5 Å². The van der Waals surface area contributed by atoms with Crippen molar-refractivity contribution in [2.75, 3.05) is 13.2 Å². The van der Waals surface area contributed by atoms with Crippen LogP contribution in [0.4, 0.5) is 0 Å². The van der Waals surface area contributed by atoms with Crippen molar-refractivity contribution in [3.05, 3.63) is 23.3 Å². The maximum absolute atomic E-state index is 5.66. The maximum Gasteiger partial charge on any atom is 0.164 e. The molecular weight excluding hydrogens is 178 g/mol. The average Bonchev–Trinajstić information content (AvgIpc) is 2.27. The van der Waals surface area contributed by atoms with Gasteiger partial charge in [-0.2, -0.15) is 0 Å². The molecule has 3 heteroatoms. The second kappa shape index (κ2) is 3.88. The van der Waals surface area contributed by atoms with Gasteiger partial charge in [-0.1, -0.05) is 13.0 Å². The van der Waals surface area contributed by atoms with Crippen molar-refractivity contribution in [3.8, 4) is 11.5 Å². The van der Waals surface area contributed by atoms with Crippen LogP contribution in [0.3, 0.4) is 0 Å². The molecule has 0 bridgehead atoms. The first-order chi connectivity index (χ1) is 6.86. The van der Waals surface area contributed by atoms with Gasteiger partial charge in [0.25, 0.3) is 0 Å². The molecule has 1 aromatic carbocycles. The zero-order valence-corrected chi connectivity index (χ0v) is 8.38. The van der Waals surface area contributed by atoms with Crippen molar-refractivity contribution in [1.29, 1.82) is 0 Å². The quantitative estimate of drug-likeness (QED) is 0.773. The van der Waals surface area contributed by atoms with Crippen LogP contribution in [0.5, 0.6) is 11.5 Å². The molecule has 1 heterocycles. The smallest absolute Gasteiger partial charge is 0.164 e. The third-order valence-corrected chi connectivity index (χ3v) is 2.48. The normalized spacial score (nSPS) is 14.1. The number of nitrogens with two attached hydrogens (primary N) is 1. The van der Waals surface area contributed by atoms with E-state index < -0.39 is 0 Å². The van der Waals surface area contributed by atoms with Crippen LogP contribution in [-0.2, 0) is 13.0 Å². The highest BCUT2D eigenvalue weighted by molar-refractivity contribution is 5.51. The Balaban J connectivity index is 2.50. The SMILES string of the molecule is CCc1c(CN)ccc2c1OCCO2. The van der Waals surface area contributed by atoms with Crippen molar-refractivity contribution in [2.24, 2.45) is 5.73 Å². The fourth-order valence-electron chi connectivity index (χ4n) is 1.79. The van der Waals surface area contributed by atoms with Crippen LogP contribution in [-0.4, -0.2) is 13.2 Å². The van der Waals surface area contributed by atoms with E-state index in [4.69, 9.17) is 15.2 Å². The van der Waals surface area contributed by atoms with Crippen LogP contribution in [0, 0.1) is 0 Å². The largest absolute Gasteiger partial charge is 0.486 e. The Labute approximate surface area is 83.8 Å². The summed E-state index contributed by atoms with van der Waals surface area (Å²) >= 11 is 0. The summed E-state index contributed by atoms with van der Waals surface area (Å²) in [5.74, 6) is 1.74. The fourth-order valence-corrected chi connectivity index (χ4v) is 1.79. The molecule has 0 radical (unpaired) electrons.